The number of benzene rings is 1. The van der Waals surface area contributed by atoms with Gasteiger partial charge in [0, 0.05) is 18.5 Å². The number of hydrogen-bond acceptors (Lipinski definition) is 4. The minimum absolute atomic E-state index is 0.0326. The Labute approximate surface area is 141 Å². The Morgan fingerprint density at radius 3 is 2.50 bits per heavy atom. The van der Waals surface area contributed by atoms with Crippen LogP contribution in [0.1, 0.15) is 41.3 Å². The van der Waals surface area contributed by atoms with Crippen LogP contribution >= 0.6 is 0 Å². The van der Waals surface area contributed by atoms with Crippen LogP contribution in [-0.2, 0) is 16.0 Å². The zero-order chi connectivity index (χ0) is 17.5. The van der Waals surface area contributed by atoms with Crippen LogP contribution < -0.4 is 5.32 Å². The second-order valence-electron chi connectivity index (χ2n) is 5.41. The van der Waals surface area contributed by atoms with Crippen molar-refractivity contribution >= 4 is 11.9 Å². The van der Waals surface area contributed by atoms with Gasteiger partial charge in [-0.15, -0.1) is 0 Å². The van der Waals surface area contributed by atoms with E-state index in [9.17, 15) is 9.59 Å². The van der Waals surface area contributed by atoms with Crippen LogP contribution in [0.4, 0.5) is 0 Å². The van der Waals surface area contributed by atoms with Crippen molar-refractivity contribution in [3.8, 4) is 11.8 Å². The van der Waals surface area contributed by atoms with E-state index in [0.717, 1.165) is 17.5 Å². The van der Waals surface area contributed by atoms with Gasteiger partial charge in [-0.25, -0.2) is 4.79 Å². The minimum Gasteiger partial charge on any atom is -0.463 e. The number of hydrogen-bond donors (Lipinski definition) is 1. The molecule has 1 atom stereocenters. The average Bonchev–Trinajstić information content (AvgIpc) is 3.01. The molecule has 5 nitrogen and oxygen atoms in total. The van der Waals surface area contributed by atoms with E-state index in [1.807, 2.05) is 31.2 Å². The Kier molecular flexibility index (Phi) is 5.80. The highest BCUT2D eigenvalue weighted by Gasteiger charge is 2.09. The summed E-state index contributed by atoms with van der Waals surface area (Å²) in [6.45, 7) is 3.47. The van der Waals surface area contributed by atoms with E-state index < -0.39 is 5.97 Å². The summed E-state index contributed by atoms with van der Waals surface area (Å²) in [7, 11) is 1.30. The molecule has 124 valence electrons. The third kappa shape index (κ3) is 5.03. The summed E-state index contributed by atoms with van der Waals surface area (Å²) in [5, 5.41) is 2.85. The van der Waals surface area contributed by atoms with Crippen molar-refractivity contribution in [2.45, 2.75) is 26.3 Å². The number of methoxy groups -OCH3 is 1. The smallest absolute Gasteiger partial charge is 0.374 e. The van der Waals surface area contributed by atoms with Crippen molar-refractivity contribution in [2.24, 2.45) is 0 Å². The van der Waals surface area contributed by atoms with Gasteiger partial charge in [-0.3, -0.25) is 4.79 Å². The lowest BCUT2D eigenvalue weighted by Gasteiger charge is -2.12. The monoisotopic (exact) mass is 325 g/mol. The normalized spacial score (nSPS) is 11.1. The zero-order valence-electron chi connectivity index (χ0n) is 13.9. The van der Waals surface area contributed by atoms with Gasteiger partial charge in [-0.05, 0) is 49.1 Å². The molecule has 1 aromatic carbocycles. The third-order valence-electron chi connectivity index (χ3n) is 3.27. The van der Waals surface area contributed by atoms with Gasteiger partial charge >= 0.3 is 5.97 Å². The molecule has 1 N–H and O–H groups in total. The standard InChI is InChI=1S/C19H19NO4/c1-13(20-14(2)21)12-16-6-4-15(5-7-16)8-9-17-10-11-18(24-17)19(22)23-3/h4-7,10-11,13H,12H2,1-3H3,(H,20,21). The van der Waals surface area contributed by atoms with Crippen LogP contribution in [0.3, 0.4) is 0 Å². The number of ether oxygens (including phenoxy) is 1. The van der Waals surface area contributed by atoms with E-state index in [1.165, 1.54) is 20.1 Å². The van der Waals surface area contributed by atoms with Crippen molar-refractivity contribution in [1.29, 1.82) is 0 Å². The van der Waals surface area contributed by atoms with Crippen molar-refractivity contribution < 1.29 is 18.7 Å². The summed E-state index contributed by atoms with van der Waals surface area (Å²) in [6.07, 6.45) is 0.758. The Morgan fingerprint density at radius 1 is 1.17 bits per heavy atom. The Bertz CT molecular complexity index is 778. The molecular formula is C19H19NO4. The van der Waals surface area contributed by atoms with Gasteiger partial charge in [0.1, 0.15) is 0 Å². The minimum atomic E-state index is -0.527. The number of carbonyl (C=O) groups is 2. The predicted molar refractivity (Wildman–Crippen MR) is 89.5 cm³/mol. The predicted octanol–water partition coefficient (Wildman–Crippen LogP) is 2.53. The van der Waals surface area contributed by atoms with E-state index in [1.54, 1.807) is 6.07 Å². The number of amides is 1. The molecule has 0 saturated heterocycles. The third-order valence-corrected chi connectivity index (χ3v) is 3.27. The molecule has 0 aliphatic rings. The highest BCUT2D eigenvalue weighted by Crippen LogP contribution is 2.09. The first kappa shape index (κ1) is 17.4. The number of carbonyl (C=O) groups excluding carboxylic acids is 2. The van der Waals surface area contributed by atoms with E-state index in [-0.39, 0.29) is 17.7 Å². The van der Waals surface area contributed by atoms with Crippen molar-refractivity contribution in [2.75, 3.05) is 7.11 Å². The summed E-state index contributed by atoms with van der Waals surface area (Å²) in [6, 6.07) is 11.0. The molecule has 24 heavy (non-hydrogen) atoms. The summed E-state index contributed by atoms with van der Waals surface area (Å²) in [5.41, 5.74) is 1.95. The van der Waals surface area contributed by atoms with Crippen LogP contribution in [0.15, 0.2) is 40.8 Å². The second kappa shape index (κ2) is 8.02. The second-order valence-corrected chi connectivity index (χ2v) is 5.41. The van der Waals surface area contributed by atoms with E-state index in [2.05, 4.69) is 21.9 Å². The van der Waals surface area contributed by atoms with Gasteiger partial charge in [-0.1, -0.05) is 18.1 Å². The molecule has 0 radical (unpaired) electrons. The van der Waals surface area contributed by atoms with E-state index >= 15 is 0 Å². The summed E-state index contributed by atoms with van der Waals surface area (Å²) in [4.78, 5) is 22.3. The van der Waals surface area contributed by atoms with Crippen molar-refractivity contribution in [1.82, 2.24) is 5.32 Å². The van der Waals surface area contributed by atoms with Gasteiger partial charge in [0.25, 0.3) is 0 Å². The zero-order valence-corrected chi connectivity index (χ0v) is 13.9. The van der Waals surface area contributed by atoms with Gasteiger partial charge in [-0.2, -0.15) is 0 Å². The largest absolute Gasteiger partial charge is 0.463 e. The molecule has 2 rings (SSSR count). The molecule has 0 spiro atoms. The fraction of sp³-hybridized carbons (Fsp3) is 0.263. The first-order chi connectivity index (χ1) is 11.5. The Hall–Kier alpha value is -3.00. The topological polar surface area (TPSA) is 68.5 Å². The average molecular weight is 325 g/mol. The lowest BCUT2D eigenvalue weighted by atomic mass is 10.1. The summed E-state index contributed by atoms with van der Waals surface area (Å²) < 4.78 is 9.86. The maximum absolute atomic E-state index is 11.3. The molecule has 0 saturated carbocycles. The quantitative estimate of drug-likeness (QED) is 0.693. The van der Waals surface area contributed by atoms with Crippen LogP contribution in [0, 0.1) is 11.8 Å². The van der Waals surface area contributed by atoms with Crippen LogP contribution in [0.2, 0.25) is 0 Å². The number of rotatable bonds is 4. The van der Waals surface area contributed by atoms with Gasteiger partial charge in [0.2, 0.25) is 11.7 Å². The van der Waals surface area contributed by atoms with Crippen LogP contribution in [-0.4, -0.2) is 25.0 Å². The SMILES string of the molecule is COC(=O)c1ccc(C#Cc2ccc(CC(C)NC(C)=O)cc2)o1. The van der Waals surface area contributed by atoms with E-state index in [4.69, 9.17) is 4.42 Å². The number of esters is 1. The van der Waals surface area contributed by atoms with Crippen LogP contribution in [0.25, 0.3) is 0 Å². The van der Waals surface area contributed by atoms with Gasteiger partial charge < -0.3 is 14.5 Å². The molecule has 5 heteroatoms. The lowest BCUT2D eigenvalue weighted by molar-refractivity contribution is -0.119. The fourth-order valence-electron chi connectivity index (χ4n) is 2.22. The van der Waals surface area contributed by atoms with Crippen LogP contribution in [0.5, 0.6) is 0 Å². The molecular weight excluding hydrogens is 306 g/mol. The highest BCUT2D eigenvalue weighted by molar-refractivity contribution is 5.86. The molecule has 0 bridgehead atoms. The number of nitrogens with one attached hydrogen (secondary N) is 1. The molecule has 0 aliphatic carbocycles. The fourth-order valence-corrected chi connectivity index (χ4v) is 2.22. The number of furan rings is 1. The highest BCUT2D eigenvalue weighted by atomic mass is 16.5. The van der Waals surface area contributed by atoms with Crippen molar-refractivity contribution in [3.05, 3.63) is 59.0 Å². The lowest BCUT2D eigenvalue weighted by Crippen LogP contribution is -2.31. The summed E-state index contributed by atoms with van der Waals surface area (Å²) in [5.74, 6) is 5.81. The Balaban J connectivity index is 2.00. The molecule has 0 fully saturated rings. The molecule has 1 aromatic heterocycles. The van der Waals surface area contributed by atoms with Gasteiger partial charge in [0.15, 0.2) is 5.76 Å². The van der Waals surface area contributed by atoms with E-state index in [0.29, 0.717) is 5.76 Å². The Morgan fingerprint density at radius 2 is 1.88 bits per heavy atom. The maximum Gasteiger partial charge on any atom is 0.374 e. The molecule has 1 heterocycles. The molecule has 0 aliphatic heterocycles. The molecule has 2 aromatic rings. The van der Waals surface area contributed by atoms with Gasteiger partial charge in [0.05, 0.1) is 7.11 Å². The molecule has 1 amide bonds. The molecule has 1 unspecified atom stereocenters. The van der Waals surface area contributed by atoms with Crippen molar-refractivity contribution in [3.63, 3.8) is 0 Å². The first-order valence-electron chi connectivity index (χ1n) is 7.54. The first-order valence-corrected chi connectivity index (χ1v) is 7.54. The summed E-state index contributed by atoms with van der Waals surface area (Å²) >= 11 is 0. The maximum atomic E-state index is 11.3.